The van der Waals surface area contributed by atoms with Gasteiger partial charge in [-0.05, 0) is 44.5 Å². The molecule has 2 aromatic rings. The van der Waals surface area contributed by atoms with Gasteiger partial charge < -0.3 is 15.2 Å². The molecule has 7 heteroatoms. The van der Waals surface area contributed by atoms with Crippen molar-refractivity contribution in [3.63, 3.8) is 0 Å². The summed E-state index contributed by atoms with van der Waals surface area (Å²) in [5.74, 6) is 0.344. The number of halogens is 4. The molecule has 0 saturated heterocycles. The second-order valence-electron chi connectivity index (χ2n) is 7.53. The number of hydrogen-bond acceptors (Lipinski definition) is 3. The van der Waals surface area contributed by atoms with Gasteiger partial charge in [-0.1, -0.05) is 24.3 Å². The lowest BCUT2D eigenvalue weighted by Gasteiger charge is -2.33. The minimum atomic E-state index is -4.42. The molecule has 2 N–H and O–H groups in total. The third-order valence-electron chi connectivity index (χ3n) is 4.31. The van der Waals surface area contributed by atoms with Crippen LogP contribution in [0.3, 0.4) is 0 Å². The summed E-state index contributed by atoms with van der Waals surface area (Å²) in [6.45, 7) is 6.27. The maximum Gasteiger partial charge on any atom is 0.416 e. The van der Waals surface area contributed by atoms with Crippen LogP contribution in [0.4, 0.5) is 13.2 Å². The van der Waals surface area contributed by atoms with E-state index in [1.165, 1.54) is 6.07 Å². The van der Waals surface area contributed by atoms with E-state index in [1.54, 1.807) is 24.3 Å². The molecule has 2 unspecified atom stereocenters. The molecule has 27 heavy (non-hydrogen) atoms. The SMILES string of the molecule is CC(C)(C)NCC(O)C1Oc2ccc(C(F)(F)F)cc2-c2ccccc21.Cl. The van der Waals surface area contributed by atoms with Gasteiger partial charge in [-0.25, -0.2) is 0 Å². The van der Waals surface area contributed by atoms with E-state index in [0.29, 0.717) is 29.0 Å². The summed E-state index contributed by atoms with van der Waals surface area (Å²) in [7, 11) is 0. The zero-order valence-corrected chi connectivity index (χ0v) is 16.1. The van der Waals surface area contributed by atoms with Gasteiger partial charge in [0.25, 0.3) is 0 Å². The first-order chi connectivity index (χ1) is 12.1. The first kappa shape index (κ1) is 21.5. The van der Waals surface area contributed by atoms with Crippen molar-refractivity contribution >= 4 is 12.4 Å². The highest BCUT2D eigenvalue weighted by atomic mass is 35.5. The first-order valence-corrected chi connectivity index (χ1v) is 8.46. The van der Waals surface area contributed by atoms with Crippen molar-refractivity contribution in [3.8, 4) is 16.9 Å². The minimum absolute atomic E-state index is 0. The number of rotatable bonds is 3. The normalized spacial score (nSPS) is 17.2. The molecule has 0 spiro atoms. The first-order valence-electron chi connectivity index (χ1n) is 8.46. The van der Waals surface area contributed by atoms with Crippen LogP contribution in [0.1, 0.15) is 38.0 Å². The summed E-state index contributed by atoms with van der Waals surface area (Å²) in [5.41, 5.74) is 0.835. The maximum absolute atomic E-state index is 13.1. The Labute approximate surface area is 163 Å². The standard InChI is InChI=1S/C20H22F3NO2.ClH/c1-19(2,3)24-11-16(25)18-14-7-5-4-6-13(14)15-10-12(20(21,22)23)8-9-17(15)26-18;/h4-10,16,18,24-25H,11H2,1-3H3;1H. The van der Waals surface area contributed by atoms with E-state index in [-0.39, 0.29) is 17.9 Å². The Balaban J connectivity index is 0.00000261. The van der Waals surface area contributed by atoms with E-state index in [0.717, 1.165) is 12.1 Å². The zero-order chi connectivity index (χ0) is 19.1. The zero-order valence-electron chi connectivity index (χ0n) is 15.3. The van der Waals surface area contributed by atoms with Crippen molar-refractivity contribution in [1.29, 1.82) is 0 Å². The molecule has 1 heterocycles. The Morgan fingerprint density at radius 1 is 1.07 bits per heavy atom. The number of aliphatic hydroxyl groups excluding tert-OH is 1. The molecule has 3 nitrogen and oxygen atoms in total. The monoisotopic (exact) mass is 401 g/mol. The highest BCUT2D eigenvalue weighted by Crippen LogP contribution is 2.45. The predicted molar refractivity (Wildman–Crippen MR) is 101 cm³/mol. The van der Waals surface area contributed by atoms with Crippen LogP contribution in [0.25, 0.3) is 11.1 Å². The second-order valence-corrected chi connectivity index (χ2v) is 7.53. The number of benzene rings is 2. The average Bonchev–Trinajstić information content (AvgIpc) is 2.57. The summed E-state index contributed by atoms with van der Waals surface area (Å²) in [6, 6.07) is 10.5. The van der Waals surface area contributed by atoms with Crippen LogP contribution in [0.15, 0.2) is 42.5 Å². The summed E-state index contributed by atoms with van der Waals surface area (Å²) in [4.78, 5) is 0. The fourth-order valence-electron chi connectivity index (χ4n) is 3.01. The van der Waals surface area contributed by atoms with Crippen LogP contribution < -0.4 is 10.1 Å². The number of nitrogens with one attached hydrogen (secondary N) is 1. The van der Waals surface area contributed by atoms with Gasteiger partial charge in [0.05, 0.1) is 5.56 Å². The molecular weight excluding hydrogens is 379 g/mol. The highest BCUT2D eigenvalue weighted by Gasteiger charge is 2.35. The molecule has 2 atom stereocenters. The van der Waals surface area contributed by atoms with Gasteiger partial charge in [-0.3, -0.25) is 0 Å². The molecule has 0 radical (unpaired) electrons. The predicted octanol–water partition coefficient (Wildman–Crippen LogP) is 4.98. The highest BCUT2D eigenvalue weighted by molar-refractivity contribution is 5.85. The van der Waals surface area contributed by atoms with Crippen LogP contribution in [0.5, 0.6) is 5.75 Å². The Kier molecular flexibility index (Phi) is 6.14. The van der Waals surface area contributed by atoms with Crippen molar-refractivity contribution in [1.82, 2.24) is 5.32 Å². The number of aliphatic hydroxyl groups is 1. The summed E-state index contributed by atoms with van der Waals surface area (Å²) >= 11 is 0. The molecule has 0 bridgehead atoms. The van der Waals surface area contributed by atoms with Crippen LogP contribution >= 0.6 is 12.4 Å². The third kappa shape index (κ3) is 4.75. The fourth-order valence-corrected chi connectivity index (χ4v) is 3.01. The summed E-state index contributed by atoms with van der Waals surface area (Å²) in [5, 5.41) is 13.8. The molecular formula is C20H23ClF3NO2. The number of alkyl halides is 3. The number of β-amino-alcohol motifs (C(OH)–C–C–N with tert-alkyl or cyclic N) is 1. The number of ether oxygens (including phenoxy) is 1. The van der Waals surface area contributed by atoms with Crippen LogP contribution in [-0.2, 0) is 6.18 Å². The van der Waals surface area contributed by atoms with Crippen molar-refractivity contribution in [2.45, 2.75) is 44.7 Å². The minimum Gasteiger partial charge on any atom is -0.482 e. The maximum atomic E-state index is 13.1. The molecule has 148 valence electrons. The Hall–Kier alpha value is -1.76. The van der Waals surface area contributed by atoms with Crippen LogP contribution in [0.2, 0.25) is 0 Å². The Morgan fingerprint density at radius 3 is 2.37 bits per heavy atom. The summed E-state index contributed by atoms with van der Waals surface area (Å²) < 4.78 is 45.1. The molecule has 1 aliphatic rings. The van der Waals surface area contributed by atoms with Crippen molar-refractivity contribution < 1.29 is 23.0 Å². The largest absolute Gasteiger partial charge is 0.482 e. The third-order valence-corrected chi connectivity index (χ3v) is 4.31. The molecule has 0 fully saturated rings. The van der Waals surface area contributed by atoms with Crippen molar-refractivity contribution in [3.05, 3.63) is 53.6 Å². The van der Waals surface area contributed by atoms with E-state index in [9.17, 15) is 18.3 Å². The van der Waals surface area contributed by atoms with Gasteiger partial charge in [0.2, 0.25) is 0 Å². The lowest BCUT2D eigenvalue weighted by Crippen LogP contribution is -2.43. The van der Waals surface area contributed by atoms with Gasteiger partial charge in [0.1, 0.15) is 11.9 Å². The van der Waals surface area contributed by atoms with Gasteiger partial charge >= 0.3 is 6.18 Å². The molecule has 0 aromatic heterocycles. The van der Waals surface area contributed by atoms with Crippen molar-refractivity contribution in [2.75, 3.05) is 6.54 Å². The molecule has 0 aliphatic carbocycles. The topological polar surface area (TPSA) is 41.5 Å². The molecule has 3 rings (SSSR count). The Morgan fingerprint density at radius 2 is 1.74 bits per heavy atom. The quantitative estimate of drug-likeness (QED) is 0.762. The fraction of sp³-hybridized carbons (Fsp3) is 0.400. The van der Waals surface area contributed by atoms with Crippen LogP contribution in [0, 0.1) is 0 Å². The van der Waals surface area contributed by atoms with E-state index in [1.807, 2.05) is 20.8 Å². The van der Waals surface area contributed by atoms with E-state index in [2.05, 4.69) is 5.32 Å². The smallest absolute Gasteiger partial charge is 0.416 e. The molecule has 0 amide bonds. The summed E-state index contributed by atoms with van der Waals surface area (Å²) in [6.07, 6.45) is -5.91. The van der Waals surface area contributed by atoms with Gasteiger partial charge in [-0.15, -0.1) is 12.4 Å². The second kappa shape index (κ2) is 7.70. The van der Waals surface area contributed by atoms with Gasteiger partial charge in [-0.2, -0.15) is 13.2 Å². The van der Waals surface area contributed by atoms with Gasteiger partial charge in [0.15, 0.2) is 6.10 Å². The van der Waals surface area contributed by atoms with E-state index in [4.69, 9.17) is 4.74 Å². The van der Waals surface area contributed by atoms with Crippen LogP contribution in [-0.4, -0.2) is 23.3 Å². The molecule has 0 saturated carbocycles. The van der Waals surface area contributed by atoms with Gasteiger partial charge in [0, 0.05) is 23.2 Å². The molecule has 1 aliphatic heterocycles. The average molecular weight is 402 g/mol. The number of hydrogen-bond donors (Lipinski definition) is 2. The lowest BCUT2D eigenvalue weighted by molar-refractivity contribution is -0.137. The Bertz CT molecular complexity index is 803. The van der Waals surface area contributed by atoms with E-state index < -0.39 is 23.9 Å². The van der Waals surface area contributed by atoms with E-state index >= 15 is 0 Å². The lowest BCUT2D eigenvalue weighted by atomic mass is 9.89. The number of fused-ring (bicyclic) bond motifs is 3. The van der Waals surface area contributed by atoms with Crippen molar-refractivity contribution in [2.24, 2.45) is 0 Å². The molecule has 2 aromatic carbocycles.